The van der Waals surface area contributed by atoms with E-state index in [0.717, 1.165) is 6.54 Å². The van der Waals surface area contributed by atoms with Crippen molar-refractivity contribution in [2.24, 2.45) is 0 Å². The molecule has 1 aliphatic heterocycles. The molecule has 0 bridgehead atoms. The van der Waals surface area contributed by atoms with Gasteiger partial charge in [-0.05, 0) is 31.5 Å². The fraction of sp³-hybridized carbons (Fsp3) is 0.385. The maximum absolute atomic E-state index is 9.10. The molecular formula is C13H17NO4. The topological polar surface area (TPSA) is 77.8 Å². The zero-order valence-electron chi connectivity index (χ0n) is 10.1. The Morgan fingerprint density at radius 3 is 1.94 bits per heavy atom. The first kappa shape index (κ1) is 14.2. The lowest BCUT2D eigenvalue weighted by atomic mass is 10.2. The van der Waals surface area contributed by atoms with Gasteiger partial charge in [0, 0.05) is 6.54 Å². The summed E-state index contributed by atoms with van der Waals surface area (Å²) in [4.78, 5) is 20.7. The molecular weight excluding hydrogens is 234 g/mol. The quantitative estimate of drug-likeness (QED) is 0.778. The van der Waals surface area contributed by atoms with Crippen LogP contribution in [0.2, 0.25) is 0 Å². The van der Waals surface area contributed by atoms with Crippen LogP contribution >= 0.6 is 0 Å². The molecule has 1 aromatic carbocycles. The van der Waals surface area contributed by atoms with E-state index in [0.29, 0.717) is 0 Å². The fourth-order valence-corrected chi connectivity index (χ4v) is 1.78. The van der Waals surface area contributed by atoms with Crippen LogP contribution in [0.4, 0.5) is 0 Å². The van der Waals surface area contributed by atoms with Gasteiger partial charge < -0.3 is 10.2 Å². The molecule has 98 valence electrons. The number of carboxylic acids is 2. The number of likely N-dealkylation sites (tertiary alicyclic amines) is 1. The average Bonchev–Trinajstić information content (AvgIpc) is 2.84. The van der Waals surface area contributed by atoms with Crippen LogP contribution in [-0.2, 0) is 16.1 Å². The molecule has 5 heteroatoms. The van der Waals surface area contributed by atoms with Crippen LogP contribution in [0.3, 0.4) is 0 Å². The number of hydrogen-bond donors (Lipinski definition) is 2. The van der Waals surface area contributed by atoms with Crippen molar-refractivity contribution in [3.63, 3.8) is 0 Å². The molecule has 0 unspecified atom stereocenters. The molecule has 1 fully saturated rings. The van der Waals surface area contributed by atoms with Crippen LogP contribution in [0.15, 0.2) is 30.3 Å². The second-order valence-corrected chi connectivity index (χ2v) is 4.08. The molecule has 1 saturated heterocycles. The summed E-state index contributed by atoms with van der Waals surface area (Å²) < 4.78 is 0. The summed E-state index contributed by atoms with van der Waals surface area (Å²) in [7, 11) is 0. The Bertz CT molecular complexity index is 373. The monoisotopic (exact) mass is 251 g/mol. The molecule has 2 N–H and O–H groups in total. The predicted molar refractivity (Wildman–Crippen MR) is 66.2 cm³/mol. The van der Waals surface area contributed by atoms with Crippen molar-refractivity contribution in [1.29, 1.82) is 0 Å². The minimum atomic E-state index is -1.82. The Balaban J connectivity index is 0.000000232. The number of carboxylic acid groups (broad SMARTS) is 2. The van der Waals surface area contributed by atoms with Gasteiger partial charge in [0.05, 0.1) is 0 Å². The van der Waals surface area contributed by atoms with E-state index in [1.165, 1.54) is 31.5 Å². The SMILES string of the molecule is O=C(O)C(=O)O.c1ccc(CN2CCCC2)cc1. The highest BCUT2D eigenvalue weighted by Gasteiger charge is 2.10. The van der Waals surface area contributed by atoms with Gasteiger partial charge in [-0.1, -0.05) is 30.3 Å². The van der Waals surface area contributed by atoms with Crippen molar-refractivity contribution < 1.29 is 19.8 Å². The Morgan fingerprint density at radius 2 is 1.50 bits per heavy atom. The third-order valence-corrected chi connectivity index (χ3v) is 2.63. The van der Waals surface area contributed by atoms with Gasteiger partial charge in [0.25, 0.3) is 0 Å². The minimum absolute atomic E-state index is 1.14. The van der Waals surface area contributed by atoms with Gasteiger partial charge in [0.15, 0.2) is 0 Å². The Morgan fingerprint density at radius 1 is 1.00 bits per heavy atom. The van der Waals surface area contributed by atoms with Crippen LogP contribution in [0.5, 0.6) is 0 Å². The first-order valence-electron chi connectivity index (χ1n) is 5.82. The largest absolute Gasteiger partial charge is 0.473 e. The lowest BCUT2D eigenvalue weighted by Crippen LogP contribution is -2.18. The second kappa shape index (κ2) is 7.45. The van der Waals surface area contributed by atoms with E-state index in [1.807, 2.05) is 0 Å². The third-order valence-electron chi connectivity index (χ3n) is 2.63. The van der Waals surface area contributed by atoms with Crippen molar-refractivity contribution in [2.75, 3.05) is 13.1 Å². The minimum Gasteiger partial charge on any atom is -0.473 e. The standard InChI is InChI=1S/C11H15N.C2H2O4/c1-2-6-11(7-3-1)10-12-8-4-5-9-12;3-1(4)2(5)6/h1-3,6-7H,4-5,8-10H2;(H,3,4)(H,5,6). The van der Waals surface area contributed by atoms with E-state index in [1.54, 1.807) is 0 Å². The zero-order chi connectivity index (χ0) is 13.4. The molecule has 1 aromatic rings. The first-order chi connectivity index (χ1) is 8.59. The molecule has 1 aliphatic rings. The Labute approximate surface area is 106 Å². The molecule has 18 heavy (non-hydrogen) atoms. The van der Waals surface area contributed by atoms with E-state index < -0.39 is 11.9 Å². The molecule has 0 aromatic heterocycles. The lowest BCUT2D eigenvalue weighted by molar-refractivity contribution is -0.159. The maximum Gasteiger partial charge on any atom is 0.414 e. The van der Waals surface area contributed by atoms with Crippen molar-refractivity contribution in [2.45, 2.75) is 19.4 Å². The van der Waals surface area contributed by atoms with E-state index in [-0.39, 0.29) is 0 Å². The van der Waals surface area contributed by atoms with Crippen LogP contribution in [0.25, 0.3) is 0 Å². The number of nitrogens with zero attached hydrogens (tertiary/aromatic N) is 1. The zero-order valence-corrected chi connectivity index (χ0v) is 10.1. The predicted octanol–water partition coefficient (Wildman–Crippen LogP) is 1.44. The van der Waals surface area contributed by atoms with Crippen molar-refractivity contribution in [3.05, 3.63) is 35.9 Å². The van der Waals surface area contributed by atoms with Gasteiger partial charge >= 0.3 is 11.9 Å². The van der Waals surface area contributed by atoms with Crippen LogP contribution in [0.1, 0.15) is 18.4 Å². The molecule has 0 saturated carbocycles. The van der Waals surface area contributed by atoms with Gasteiger partial charge in [-0.15, -0.1) is 0 Å². The van der Waals surface area contributed by atoms with Gasteiger partial charge in [0.1, 0.15) is 0 Å². The highest BCUT2D eigenvalue weighted by Crippen LogP contribution is 2.11. The van der Waals surface area contributed by atoms with Gasteiger partial charge in [0.2, 0.25) is 0 Å². The fourth-order valence-electron chi connectivity index (χ4n) is 1.78. The van der Waals surface area contributed by atoms with Gasteiger partial charge in [-0.3, -0.25) is 4.90 Å². The van der Waals surface area contributed by atoms with E-state index in [9.17, 15) is 0 Å². The summed E-state index contributed by atoms with van der Waals surface area (Å²) in [5.74, 6) is -3.65. The Kier molecular flexibility index (Phi) is 5.87. The van der Waals surface area contributed by atoms with E-state index >= 15 is 0 Å². The second-order valence-electron chi connectivity index (χ2n) is 4.08. The first-order valence-corrected chi connectivity index (χ1v) is 5.82. The molecule has 0 aliphatic carbocycles. The molecule has 0 radical (unpaired) electrons. The highest BCUT2D eigenvalue weighted by molar-refractivity contribution is 6.27. The van der Waals surface area contributed by atoms with Crippen molar-refractivity contribution in [3.8, 4) is 0 Å². The number of benzene rings is 1. The summed E-state index contributed by atoms with van der Waals surface area (Å²) in [6.07, 6.45) is 2.76. The normalized spacial score (nSPS) is 14.7. The molecule has 0 amide bonds. The number of carbonyl (C=O) groups is 2. The number of hydrogen-bond acceptors (Lipinski definition) is 3. The van der Waals surface area contributed by atoms with Gasteiger partial charge in [-0.25, -0.2) is 9.59 Å². The lowest BCUT2D eigenvalue weighted by Gasteiger charge is -2.13. The highest BCUT2D eigenvalue weighted by atomic mass is 16.4. The molecule has 5 nitrogen and oxygen atoms in total. The Hall–Kier alpha value is -1.88. The molecule has 0 spiro atoms. The molecule has 0 atom stereocenters. The van der Waals surface area contributed by atoms with E-state index in [4.69, 9.17) is 19.8 Å². The summed E-state index contributed by atoms with van der Waals surface area (Å²) in [6.45, 7) is 3.71. The molecule has 2 rings (SSSR count). The van der Waals surface area contributed by atoms with Crippen LogP contribution in [-0.4, -0.2) is 40.1 Å². The van der Waals surface area contributed by atoms with E-state index in [2.05, 4.69) is 35.2 Å². The number of aliphatic carboxylic acids is 2. The van der Waals surface area contributed by atoms with Crippen molar-refractivity contribution >= 4 is 11.9 Å². The van der Waals surface area contributed by atoms with Gasteiger partial charge in [-0.2, -0.15) is 0 Å². The summed E-state index contributed by atoms with van der Waals surface area (Å²) >= 11 is 0. The average molecular weight is 251 g/mol. The smallest absolute Gasteiger partial charge is 0.414 e. The van der Waals surface area contributed by atoms with Crippen molar-refractivity contribution in [1.82, 2.24) is 4.90 Å². The summed E-state index contributed by atoms with van der Waals surface area (Å²) in [5, 5.41) is 14.8. The van der Waals surface area contributed by atoms with Crippen LogP contribution < -0.4 is 0 Å². The van der Waals surface area contributed by atoms with Crippen LogP contribution in [0, 0.1) is 0 Å². The summed E-state index contributed by atoms with van der Waals surface area (Å²) in [6, 6.07) is 10.7. The summed E-state index contributed by atoms with van der Waals surface area (Å²) in [5.41, 5.74) is 1.44. The number of rotatable bonds is 2. The third kappa shape index (κ3) is 5.45. The maximum atomic E-state index is 9.10. The molecule has 1 heterocycles.